The number of hydrogen-bond acceptors (Lipinski definition) is 5. The average Bonchev–Trinajstić information content (AvgIpc) is 2.80. The van der Waals surface area contributed by atoms with Gasteiger partial charge in [0.05, 0.1) is 23.9 Å². The summed E-state index contributed by atoms with van der Waals surface area (Å²) in [4.78, 5) is 26.2. The second kappa shape index (κ2) is 9.06. The molecule has 2 aromatic heterocycles. The van der Waals surface area contributed by atoms with Gasteiger partial charge in [-0.1, -0.05) is 39.0 Å². The fraction of sp³-hybridized carbons (Fsp3) is 0.345. The molecule has 0 unspecified atom stereocenters. The van der Waals surface area contributed by atoms with Gasteiger partial charge in [-0.25, -0.2) is 0 Å². The molecule has 0 bridgehead atoms. The molecule has 0 atom stereocenters. The van der Waals surface area contributed by atoms with Gasteiger partial charge in [-0.2, -0.15) is 9.78 Å². The molecule has 4 aromatic rings. The van der Waals surface area contributed by atoms with E-state index in [0.717, 1.165) is 22.1 Å². The molecule has 36 heavy (non-hydrogen) atoms. The summed E-state index contributed by atoms with van der Waals surface area (Å²) in [6.07, 6.45) is 3.43. The number of fused-ring (bicyclic) bond motifs is 1. The summed E-state index contributed by atoms with van der Waals surface area (Å²) in [6, 6.07) is 13.1. The number of aromatic nitrogens is 3. The third-order valence-corrected chi connectivity index (χ3v) is 6.19. The van der Waals surface area contributed by atoms with Crippen molar-refractivity contribution in [2.24, 2.45) is 7.05 Å². The Morgan fingerprint density at radius 2 is 1.69 bits per heavy atom. The Bertz CT molecular complexity index is 1570. The van der Waals surface area contributed by atoms with Crippen LogP contribution in [0.4, 0.5) is 5.69 Å². The zero-order valence-corrected chi connectivity index (χ0v) is 22.0. The zero-order chi connectivity index (χ0) is 26.4. The molecular formula is C29H34N4O3. The summed E-state index contributed by atoms with van der Waals surface area (Å²) in [7, 11) is 1.70. The van der Waals surface area contributed by atoms with Gasteiger partial charge in [0.2, 0.25) is 0 Å². The lowest BCUT2D eigenvalue weighted by Crippen LogP contribution is -2.31. The van der Waals surface area contributed by atoms with Crippen molar-refractivity contribution in [2.75, 3.05) is 5.32 Å². The fourth-order valence-electron chi connectivity index (χ4n) is 4.35. The molecule has 0 radical (unpaired) electrons. The Hall–Kier alpha value is -3.71. The smallest absolute Gasteiger partial charge is 0.279 e. The molecule has 0 fully saturated rings. The van der Waals surface area contributed by atoms with Crippen LogP contribution < -0.4 is 16.4 Å². The van der Waals surface area contributed by atoms with Gasteiger partial charge in [-0.3, -0.25) is 9.59 Å². The van der Waals surface area contributed by atoms with Gasteiger partial charge >= 0.3 is 0 Å². The van der Waals surface area contributed by atoms with Crippen LogP contribution in [0.1, 0.15) is 52.7 Å². The average molecular weight is 487 g/mol. The van der Waals surface area contributed by atoms with Crippen LogP contribution in [0, 0.1) is 0 Å². The van der Waals surface area contributed by atoms with Crippen molar-refractivity contribution < 1.29 is 5.11 Å². The predicted molar refractivity (Wildman–Crippen MR) is 146 cm³/mol. The molecule has 2 N–H and O–H groups in total. The van der Waals surface area contributed by atoms with E-state index >= 15 is 0 Å². The van der Waals surface area contributed by atoms with E-state index in [9.17, 15) is 14.7 Å². The van der Waals surface area contributed by atoms with Crippen LogP contribution >= 0.6 is 0 Å². The minimum absolute atomic E-state index is 0.0437. The van der Waals surface area contributed by atoms with Gasteiger partial charge in [0.1, 0.15) is 5.69 Å². The van der Waals surface area contributed by atoms with E-state index in [1.807, 2.05) is 51.1 Å². The van der Waals surface area contributed by atoms with Gasteiger partial charge in [0, 0.05) is 35.3 Å². The summed E-state index contributed by atoms with van der Waals surface area (Å²) in [5.74, 6) is 0. The minimum atomic E-state index is -0.304. The van der Waals surface area contributed by atoms with E-state index < -0.39 is 0 Å². The Kier molecular flexibility index (Phi) is 6.39. The highest BCUT2D eigenvalue weighted by Crippen LogP contribution is 2.30. The number of hydrogen-bond donors (Lipinski definition) is 2. The van der Waals surface area contributed by atoms with Gasteiger partial charge in [0.15, 0.2) is 0 Å². The molecule has 4 rings (SSSR count). The number of anilines is 1. The van der Waals surface area contributed by atoms with Crippen LogP contribution in [0.15, 0.2) is 64.4 Å². The highest BCUT2D eigenvalue weighted by Gasteiger charge is 2.19. The van der Waals surface area contributed by atoms with Gasteiger partial charge in [-0.15, -0.1) is 0 Å². The fourth-order valence-corrected chi connectivity index (χ4v) is 4.35. The lowest BCUT2D eigenvalue weighted by Gasteiger charge is -2.23. The monoisotopic (exact) mass is 486 g/mol. The summed E-state index contributed by atoms with van der Waals surface area (Å²) < 4.78 is 2.86. The van der Waals surface area contributed by atoms with E-state index in [-0.39, 0.29) is 28.7 Å². The van der Waals surface area contributed by atoms with Crippen LogP contribution in [-0.4, -0.2) is 25.0 Å². The minimum Gasteiger partial charge on any atom is -0.392 e. The SMILES string of the molecule is Cn1cc(-c2cccc(-n3ncc4cc(C(C)(C)C)ccc4c3=O)c2CO)cc(NC(C)(C)C)c1=O. The standard InChI is InChI=1S/C29H34N4O3/c1-28(2,3)20-11-12-22-18(13-20)15-30-33(26(22)35)25-10-8-9-21(23(25)17-34)19-14-24(31-29(4,5)6)27(36)32(7)16-19/h8-16,31,34H,17H2,1-7H3. The number of nitrogens with zero attached hydrogens (tertiary/aromatic N) is 3. The largest absolute Gasteiger partial charge is 0.392 e. The maximum Gasteiger partial charge on any atom is 0.279 e. The van der Waals surface area contributed by atoms with E-state index in [0.29, 0.717) is 22.3 Å². The third-order valence-electron chi connectivity index (χ3n) is 6.19. The second-order valence-electron chi connectivity index (χ2n) is 11.3. The maximum absolute atomic E-state index is 13.5. The van der Waals surface area contributed by atoms with Crippen LogP contribution in [0.5, 0.6) is 0 Å². The summed E-state index contributed by atoms with van der Waals surface area (Å²) >= 11 is 0. The van der Waals surface area contributed by atoms with E-state index in [2.05, 4.69) is 31.2 Å². The normalized spacial score (nSPS) is 12.2. The lowest BCUT2D eigenvalue weighted by molar-refractivity contribution is 0.282. The molecule has 2 aromatic carbocycles. The van der Waals surface area contributed by atoms with Gasteiger partial charge in [-0.05, 0) is 61.6 Å². The predicted octanol–water partition coefficient (Wildman–Crippen LogP) is 4.75. The van der Waals surface area contributed by atoms with Gasteiger partial charge < -0.3 is 15.0 Å². The third kappa shape index (κ3) is 4.84. The molecule has 2 heterocycles. The highest BCUT2D eigenvalue weighted by atomic mass is 16.3. The topological polar surface area (TPSA) is 89.2 Å². The first-order valence-corrected chi connectivity index (χ1v) is 12.0. The van der Waals surface area contributed by atoms with E-state index in [4.69, 9.17) is 0 Å². The Morgan fingerprint density at radius 1 is 0.972 bits per heavy atom. The Balaban J connectivity index is 1.90. The molecule has 0 spiro atoms. The Labute approximate surface area is 211 Å². The molecular weight excluding hydrogens is 452 g/mol. The van der Waals surface area contributed by atoms with Crippen molar-refractivity contribution in [1.82, 2.24) is 14.3 Å². The molecule has 188 valence electrons. The van der Waals surface area contributed by atoms with Crippen LogP contribution in [0.25, 0.3) is 27.6 Å². The number of aliphatic hydroxyl groups is 1. The quantitative estimate of drug-likeness (QED) is 0.435. The lowest BCUT2D eigenvalue weighted by atomic mass is 9.86. The number of nitrogens with one attached hydrogen (secondary N) is 1. The first-order valence-electron chi connectivity index (χ1n) is 12.0. The number of pyridine rings is 1. The molecule has 0 aliphatic rings. The molecule has 0 aliphatic heterocycles. The molecule has 0 amide bonds. The molecule has 0 aliphatic carbocycles. The van der Waals surface area contributed by atoms with Crippen LogP contribution in [0.2, 0.25) is 0 Å². The highest BCUT2D eigenvalue weighted by molar-refractivity contribution is 5.82. The molecule has 7 heteroatoms. The molecule has 7 nitrogen and oxygen atoms in total. The Morgan fingerprint density at radius 3 is 2.33 bits per heavy atom. The van der Waals surface area contributed by atoms with Crippen molar-refractivity contribution in [3.05, 3.63) is 86.7 Å². The van der Waals surface area contributed by atoms with Gasteiger partial charge in [0.25, 0.3) is 11.1 Å². The van der Waals surface area contributed by atoms with Crippen LogP contribution in [-0.2, 0) is 19.1 Å². The first-order chi connectivity index (χ1) is 16.8. The number of aryl methyl sites for hydroxylation is 1. The molecule has 0 saturated carbocycles. The number of rotatable bonds is 4. The first kappa shape index (κ1) is 25.4. The van der Waals surface area contributed by atoms with Crippen molar-refractivity contribution >= 4 is 16.5 Å². The summed E-state index contributed by atoms with van der Waals surface area (Å²) in [6.45, 7) is 12.0. The van der Waals surface area contributed by atoms with E-state index in [1.165, 1.54) is 9.25 Å². The van der Waals surface area contributed by atoms with E-state index in [1.54, 1.807) is 31.6 Å². The zero-order valence-electron chi connectivity index (χ0n) is 22.0. The summed E-state index contributed by atoms with van der Waals surface area (Å²) in [5.41, 5.74) is 3.37. The van der Waals surface area contributed by atoms with Crippen LogP contribution in [0.3, 0.4) is 0 Å². The second-order valence-corrected chi connectivity index (χ2v) is 11.3. The summed E-state index contributed by atoms with van der Waals surface area (Å²) in [5, 5.41) is 19.5. The van der Waals surface area contributed by atoms with Crippen molar-refractivity contribution in [2.45, 2.75) is 59.1 Å². The van der Waals surface area contributed by atoms with Crippen molar-refractivity contribution in [3.63, 3.8) is 0 Å². The van der Waals surface area contributed by atoms with Crippen molar-refractivity contribution in [1.29, 1.82) is 0 Å². The number of benzene rings is 2. The maximum atomic E-state index is 13.5. The van der Waals surface area contributed by atoms with Crippen molar-refractivity contribution in [3.8, 4) is 16.8 Å². The molecule has 0 saturated heterocycles. The number of aliphatic hydroxyl groups excluding tert-OH is 1.